The summed E-state index contributed by atoms with van der Waals surface area (Å²) in [5, 5.41) is 2.02. The van der Waals surface area contributed by atoms with Crippen molar-refractivity contribution in [2.24, 2.45) is 0 Å². The van der Waals surface area contributed by atoms with Gasteiger partial charge in [0, 0.05) is 28.0 Å². The Balaban J connectivity index is 2.93. The van der Waals surface area contributed by atoms with Crippen molar-refractivity contribution in [3.8, 4) is 0 Å². The van der Waals surface area contributed by atoms with Gasteiger partial charge in [-0.15, -0.1) is 11.3 Å². The minimum Gasteiger partial charge on any atom is -0.228 e. The molecule has 0 bridgehead atoms. The molecular formula is C7H4FIN2S. The molecule has 2 aromatic rings. The predicted octanol–water partition coefficient (Wildman–Crippen LogP) is 2.74. The minimum absolute atomic E-state index is 0.219. The van der Waals surface area contributed by atoms with Gasteiger partial charge in [-0.2, -0.15) is 0 Å². The fourth-order valence-electron chi connectivity index (χ4n) is 1.04. The third kappa shape index (κ3) is 1.20. The van der Waals surface area contributed by atoms with Gasteiger partial charge in [-0.1, -0.05) is 0 Å². The standard InChI is InChI=1S/C7H4FIN2S/c1-3-5-4(8)2-12-6(5)11-7(9)10-3/h2H,1H3. The van der Waals surface area contributed by atoms with Crippen LogP contribution in [-0.4, -0.2) is 9.97 Å². The third-order valence-electron chi connectivity index (χ3n) is 1.54. The number of halogens is 2. The zero-order valence-corrected chi connectivity index (χ0v) is 9.11. The molecule has 0 saturated heterocycles. The molecule has 0 aliphatic heterocycles. The van der Waals surface area contributed by atoms with Crippen molar-refractivity contribution < 1.29 is 4.39 Å². The SMILES string of the molecule is Cc1nc(I)nc2scc(F)c12. The number of hydrogen-bond acceptors (Lipinski definition) is 3. The second kappa shape index (κ2) is 2.88. The maximum absolute atomic E-state index is 13.1. The topological polar surface area (TPSA) is 25.8 Å². The first kappa shape index (κ1) is 8.31. The van der Waals surface area contributed by atoms with Crippen LogP contribution in [0.4, 0.5) is 4.39 Å². The normalized spacial score (nSPS) is 10.9. The van der Waals surface area contributed by atoms with Gasteiger partial charge in [-0.05, 0) is 6.92 Å². The molecule has 0 radical (unpaired) electrons. The van der Waals surface area contributed by atoms with Gasteiger partial charge in [0.15, 0.2) is 3.83 Å². The largest absolute Gasteiger partial charge is 0.228 e. The number of thiophene rings is 1. The molecule has 0 atom stereocenters. The maximum Gasteiger partial charge on any atom is 0.192 e. The Morgan fingerprint density at radius 1 is 1.50 bits per heavy atom. The quantitative estimate of drug-likeness (QED) is 0.551. The molecule has 0 aliphatic rings. The Morgan fingerprint density at radius 3 is 3.00 bits per heavy atom. The molecule has 2 aromatic heterocycles. The molecule has 0 fully saturated rings. The van der Waals surface area contributed by atoms with Crippen LogP contribution in [0, 0.1) is 16.6 Å². The zero-order chi connectivity index (χ0) is 8.72. The van der Waals surface area contributed by atoms with Gasteiger partial charge in [0.05, 0.1) is 11.1 Å². The molecule has 62 valence electrons. The van der Waals surface area contributed by atoms with Gasteiger partial charge in [0.2, 0.25) is 0 Å². The predicted molar refractivity (Wildman–Crippen MR) is 54.8 cm³/mol. The van der Waals surface area contributed by atoms with E-state index in [9.17, 15) is 4.39 Å². The van der Waals surface area contributed by atoms with Crippen LogP contribution >= 0.6 is 33.9 Å². The molecule has 2 rings (SSSR count). The summed E-state index contributed by atoms with van der Waals surface area (Å²) in [5.41, 5.74) is 0.711. The van der Waals surface area contributed by atoms with E-state index in [-0.39, 0.29) is 5.82 Å². The van der Waals surface area contributed by atoms with Crippen molar-refractivity contribution >= 4 is 44.1 Å². The molecule has 0 aromatic carbocycles. The van der Waals surface area contributed by atoms with E-state index in [1.54, 1.807) is 6.92 Å². The van der Waals surface area contributed by atoms with Gasteiger partial charge in [0.1, 0.15) is 10.6 Å². The molecular weight excluding hydrogens is 290 g/mol. The van der Waals surface area contributed by atoms with E-state index in [1.165, 1.54) is 16.7 Å². The van der Waals surface area contributed by atoms with Crippen molar-refractivity contribution in [1.29, 1.82) is 0 Å². The first-order valence-corrected chi connectivity index (χ1v) is 5.21. The van der Waals surface area contributed by atoms with Crippen molar-refractivity contribution in [2.75, 3.05) is 0 Å². The van der Waals surface area contributed by atoms with Crippen molar-refractivity contribution in [2.45, 2.75) is 6.92 Å². The van der Waals surface area contributed by atoms with Gasteiger partial charge in [-0.3, -0.25) is 0 Å². The molecule has 2 heterocycles. The van der Waals surface area contributed by atoms with E-state index in [1.807, 2.05) is 22.6 Å². The van der Waals surface area contributed by atoms with Crippen LogP contribution in [0.3, 0.4) is 0 Å². The molecule has 12 heavy (non-hydrogen) atoms. The second-order valence-corrected chi connectivity index (χ2v) is 4.16. The lowest BCUT2D eigenvalue weighted by atomic mass is 10.3. The van der Waals surface area contributed by atoms with Gasteiger partial charge in [-0.25, -0.2) is 14.4 Å². The minimum atomic E-state index is -0.219. The lowest BCUT2D eigenvalue weighted by molar-refractivity contribution is 0.643. The second-order valence-electron chi connectivity index (χ2n) is 2.34. The Morgan fingerprint density at radius 2 is 2.25 bits per heavy atom. The highest BCUT2D eigenvalue weighted by atomic mass is 127. The van der Waals surface area contributed by atoms with Crippen LogP contribution in [0.2, 0.25) is 0 Å². The number of aryl methyl sites for hydroxylation is 1. The summed E-state index contributed by atoms with van der Waals surface area (Å²) in [6.07, 6.45) is 0. The summed E-state index contributed by atoms with van der Waals surface area (Å²) in [6.45, 7) is 1.79. The summed E-state index contributed by atoms with van der Waals surface area (Å²) in [7, 11) is 0. The number of fused-ring (bicyclic) bond motifs is 1. The Labute approximate surface area is 86.0 Å². The van der Waals surface area contributed by atoms with E-state index in [0.29, 0.717) is 14.9 Å². The average Bonchev–Trinajstić information content (AvgIpc) is 2.31. The highest BCUT2D eigenvalue weighted by Gasteiger charge is 2.09. The van der Waals surface area contributed by atoms with E-state index >= 15 is 0 Å². The highest BCUT2D eigenvalue weighted by molar-refractivity contribution is 14.1. The van der Waals surface area contributed by atoms with Crippen molar-refractivity contribution in [1.82, 2.24) is 9.97 Å². The Kier molecular flexibility index (Phi) is 1.99. The first-order chi connectivity index (χ1) is 5.68. The van der Waals surface area contributed by atoms with Crippen LogP contribution in [0.25, 0.3) is 10.2 Å². The fourth-order valence-corrected chi connectivity index (χ4v) is 2.64. The van der Waals surface area contributed by atoms with Crippen LogP contribution < -0.4 is 0 Å². The number of aromatic nitrogens is 2. The third-order valence-corrected chi connectivity index (χ3v) is 2.87. The average molecular weight is 294 g/mol. The first-order valence-electron chi connectivity index (χ1n) is 3.25. The molecule has 0 spiro atoms. The highest BCUT2D eigenvalue weighted by Crippen LogP contribution is 2.25. The van der Waals surface area contributed by atoms with Crippen LogP contribution in [-0.2, 0) is 0 Å². The lowest BCUT2D eigenvalue weighted by Crippen LogP contribution is -1.90. The smallest absolute Gasteiger partial charge is 0.192 e. The molecule has 2 nitrogen and oxygen atoms in total. The monoisotopic (exact) mass is 294 g/mol. The van der Waals surface area contributed by atoms with E-state index in [0.717, 1.165) is 4.83 Å². The molecule has 0 amide bonds. The Hall–Kier alpha value is -0.300. The number of hydrogen-bond donors (Lipinski definition) is 0. The van der Waals surface area contributed by atoms with E-state index < -0.39 is 0 Å². The molecule has 0 aliphatic carbocycles. The van der Waals surface area contributed by atoms with E-state index in [4.69, 9.17) is 0 Å². The zero-order valence-electron chi connectivity index (χ0n) is 6.14. The molecule has 0 N–H and O–H groups in total. The van der Waals surface area contributed by atoms with Gasteiger partial charge >= 0.3 is 0 Å². The van der Waals surface area contributed by atoms with Crippen molar-refractivity contribution in [3.05, 3.63) is 20.7 Å². The summed E-state index contributed by atoms with van der Waals surface area (Å²) < 4.78 is 13.7. The number of nitrogens with zero attached hydrogens (tertiary/aromatic N) is 2. The fraction of sp³-hybridized carbons (Fsp3) is 0.143. The summed E-state index contributed by atoms with van der Waals surface area (Å²) in [6, 6.07) is 0. The molecule has 0 unspecified atom stereocenters. The molecule has 0 saturated carbocycles. The molecule has 5 heteroatoms. The summed E-state index contributed by atoms with van der Waals surface area (Å²) in [5.74, 6) is -0.219. The Bertz CT molecular complexity index is 440. The summed E-state index contributed by atoms with van der Waals surface area (Å²) in [4.78, 5) is 8.91. The van der Waals surface area contributed by atoms with Crippen LogP contribution in [0.1, 0.15) is 5.69 Å². The number of rotatable bonds is 0. The van der Waals surface area contributed by atoms with Crippen LogP contribution in [0.5, 0.6) is 0 Å². The van der Waals surface area contributed by atoms with Gasteiger partial charge in [0.25, 0.3) is 0 Å². The van der Waals surface area contributed by atoms with Gasteiger partial charge < -0.3 is 0 Å². The van der Waals surface area contributed by atoms with Crippen molar-refractivity contribution in [3.63, 3.8) is 0 Å². The maximum atomic E-state index is 13.1. The summed E-state index contributed by atoms with van der Waals surface area (Å²) >= 11 is 3.34. The lowest BCUT2D eigenvalue weighted by Gasteiger charge is -1.95. The van der Waals surface area contributed by atoms with Crippen LogP contribution in [0.15, 0.2) is 5.38 Å². The van der Waals surface area contributed by atoms with E-state index in [2.05, 4.69) is 9.97 Å².